The van der Waals surface area contributed by atoms with Gasteiger partial charge in [0.05, 0.1) is 5.56 Å². The Morgan fingerprint density at radius 3 is 2.58 bits per heavy atom. The Kier molecular flexibility index (Phi) is 7.99. The van der Waals surface area contributed by atoms with E-state index in [2.05, 4.69) is 39.1 Å². The molecule has 2 aromatic carbocycles. The molecular formula is C25H25ClN4O2S. The summed E-state index contributed by atoms with van der Waals surface area (Å²) < 4.78 is 0. The minimum Gasteiger partial charge on any atom is -0.478 e. The number of nitrogens with zero attached hydrogens (tertiary/aromatic N) is 4. The zero-order chi connectivity index (χ0) is 23.0. The summed E-state index contributed by atoms with van der Waals surface area (Å²) in [5.74, 6) is 0.469. The fraction of sp³-hybridized carbons (Fsp3) is 0.240. The highest BCUT2D eigenvalue weighted by atomic mass is 35.5. The lowest BCUT2D eigenvalue weighted by Gasteiger charge is -2.35. The van der Waals surface area contributed by atoms with Gasteiger partial charge in [-0.25, -0.2) is 14.8 Å². The summed E-state index contributed by atoms with van der Waals surface area (Å²) in [6.07, 6.45) is 4.37. The topological polar surface area (TPSA) is 69.6 Å². The maximum absolute atomic E-state index is 11.2. The first-order chi connectivity index (χ1) is 16.1. The van der Waals surface area contributed by atoms with Crippen molar-refractivity contribution in [2.24, 2.45) is 0 Å². The Hall–Kier alpha value is -2.87. The van der Waals surface area contributed by atoms with E-state index in [0.717, 1.165) is 44.1 Å². The molecule has 0 unspecified atom stereocenters. The monoisotopic (exact) mass is 480 g/mol. The van der Waals surface area contributed by atoms with Crippen molar-refractivity contribution in [1.29, 1.82) is 0 Å². The largest absolute Gasteiger partial charge is 0.478 e. The number of aromatic carboxylic acids is 1. The lowest BCUT2D eigenvalue weighted by Crippen LogP contribution is -2.46. The van der Waals surface area contributed by atoms with Crippen molar-refractivity contribution in [3.8, 4) is 0 Å². The lowest BCUT2D eigenvalue weighted by molar-refractivity contribution is 0.0696. The average Bonchev–Trinajstić information content (AvgIpc) is 2.84. The van der Waals surface area contributed by atoms with Crippen LogP contribution in [0.3, 0.4) is 0 Å². The number of anilines is 1. The number of benzene rings is 2. The Bertz CT molecular complexity index is 1120. The van der Waals surface area contributed by atoms with Crippen LogP contribution in [-0.4, -0.2) is 58.7 Å². The summed E-state index contributed by atoms with van der Waals surface area (Å²) >= 11 is 7.73. The van der Waals surface area contributed by atoms with Crippen LogP contribution >= 0.6 is 23.4 Å². The third-order valence-electron chi connectivity index (χ3n) is 5.37. The van der Waals surface area contributed by atoms with Crippen LogP contribution in [0.5, 0.6) is 0 Å². The number of carboxylic acids is 1. The number of carboxylic acid groups (broad SMARTS) is 1. The van der Waals surface area contributed by atoms with Crippen molar-refractivity contribution in [2.75, 3.05) is 37.6 Å². The molecule has 2 heterocycles. The molecule has 0 amide bonds. The summed E-state index contributed by atoms with van der Waals surface area (Å²) in [4.78, 5) is 24.9. The SMILES string of the molecule is O=C(O)c1cccc(CSc2nc(Cl)cc(N3CCN(C/C=C/c4ccccc4)CC3)n2)c1. The van der Waals surface area contributed by atoms with Crippen LogP contribution < -0.4 is 4.90 Å². The summed E-state index contributed by atoms with van der Waals surface area (Å²) in [5, 5.41) is 10.2. The highest BCUT2D eigenvalue weighted by molar-refractivity contribution is 7.98. The van der Waals surface area contributed by atoms with E-state index in [0.29, 0.717) is 16.1 Å². The van der Waals surface area contributed by atoms with Gasteiger partial charge in [-0.15, -0.1) is 0 Å². The first-order valence-electron chi connectivity index (χ1n) is 10.8. The summed E-state index contributed by atoms with van der Waals surface area (Å²) in [5.41, 5.74) is 2.39. The molecule has 1 N–H and O–H groups in total. The first-order valence-corrected chi connectivity index (χ1v) is 12.1. The number of aromatic nitrogens is 2. The Labute approximate surface area is 202 Å². The van der Waals surface area contributed by atoms with Crippen molar-refractivity contribution < 1.29 is 9.90 Å². The number of rotatable bonds is 8. The third-order valence-corrected chi connectivity index (χ3v) is 6.48. The maximum atomic E-state index is 11.2. The number of carbonyl (C=O) groups is 1. The van der Waals surface area contributed by atoms with Crippen molar-refractivity contribution in [3.63, 3.8) is 0 Å². The van der Waals surface area contributed by atoms with E-state index in [1.165, 1.54) is 17.3 Å². The number of hydrogen-bond acceptors (Lipinski definition) is 6. The Morgan fingerprint density at radius 2 is 1.82 bits per heavy atom. The molecule has 6 nitrogen and oxygen atoms in total. The predicted octanol–water partition coefficient (Wildman–Crippen LogP) is 4.96. The second-order valence-corrected chi connectivity index (χ2v) is 9.06. The van der Waals surface area contributed by atoms with Crippen LogP contribution in [0.4, 0.5) is 5.82 Å². The second-order valence-electron chi connectivity index (χ2n) is 7.73. The van der Waals surface area contributed by atoms with Crippen LogP contribution in [0.15, 0.2) is 71.9 Å². The third kappa shape index (κ3) is 6.81. The van der Waals surface area contributed by atoms with E-state index in [-0.39, 0.29) is 5.56 Å². The molecule has 0 bridgehead atoms. The average molecular weight is 481 g/mol. The van der Waals surface area contributed by atoms with E-state index in [9.17, 15) is 4.79 Å². The smallest absolute Gasteiger partial charge is 0.335 e. The van der Waals surface area contributed by atoms with Gasteiger partial charge in [0.2, 0.25) is 0 Å². The van der Waals surface area contributed by atoms with Crippen molar-refractivity contribution in [2.45, 2.75) is 10.9 Å². The molecule has 0 spiro atoms. The molecule has 1 aromatic heterocycles. The minimum absolute atomic E-state index is 0.275. The van der Waals surface area contributed by atoms with Gasteiger partial charge in [-0.1, -0.05) is 78.0 Å². The number of halogens is 1. The molecule has 1 aliphatic rings. The first kappa shape index (κ1) is 23.3. The fourth-order valence-corrected chi connectivity index (χ4v) is 4.64. The van der Waals surface area contributed by atoms with Crippen molar-refractivity contribution in [3.05, 3.63) is 88.6 Å². The molecule has 0 atom stereocenters. The van der Waals surface area contributed by atoms with Gasteiger partial charge in [0.15, 0.2) is 5.16 Å². The number of thioether (sulfide) groups is 1. The molecule has 4 rings (SSSR count). The van der Waals surface area contributed by atoms with Crippen LogP contribution in [-0.2, 0) is 5.75 Å². The Morgan fingerprint density at radius 1 is 1.03 bits per heavy atom. The zero-order valence-electron chi connectivity index (χ0n) is 18.1. The van der Waals surface area contributed by atoms with Crippen LogP contribution in [0.2, 0.25) is 5.15 Å². The molecule has 1 saturated heterocycles. The Balaban J connectivity index is 1.32. The van der Waals surface area contributed by atoms with E-state index in [4.69, 9.17) is 21.7 Å². The molecule has 1 fully saturated rings. The lowest BCUT2D eigenvalue weighted by atomic mass is 10.1. The van der Waals surface area contributed by atoms with Crippen LogP contribution in [0, 0.1) is 0 Å². The van der Waals surface area contributed by atoms with E-state index >= 15 is 0 Å². The van der Waals surface area contributed by atoms with Gasteiger partial charge in [-0.05, 0) is 23.3 Å². The highest BCUT2D eigenvalue weighted by Gasteiger charge is 2.18. The quantitative estimate of drug-likeness (QED) is 0.277. The van der Waals surface area contributed by atoms with Gasteiger partial charge >= 0.3 is 5.97 Å². The van der Waals surface area contributed by atoms with Crippen LogP contribution in [0.1, 0.15) is 21.5 Å². The van der Waals surface area contributed by atoms with Gasteiger partial charge in [-0.3, -0.25) is 4.90 Å². The standard InChI is InChI=1S/C25H25ClN4O2S/c26-22-17-23(28-25(27-22)33-18-20-8-4-10-21(16-20)24(31)32)30-14-12-29(13-15-30)11-5-9-19-6-2-1-3-7-19/h1-10,16-17H,11-15,18H2,(H,31,32)/b9-5+. The minimum atomic E-state index is -0.933. The molecule has 0 radical (unpaired) electrons. The summed E-state index contributed by atoms with van der Waals surface area (Å²) in [7, 11) is 0. The van der Waals surface area contributed by atoms with Gasteiger partial charge in [0, 0.05) is 44.5 Å². The molecular weight excluding hydrogens is 456 g/mol. The molecule has 0 saturated carbocycles. The molecule has 33 heavy (non-hydrogen) atoms. The molecule has 0 aliphatic carbocycles. The highest BCUT2D eigenvalue weighted by Crippen LogP contribution is 2.25. The van der Waals surface area contributed by atoms with E-state index in [1.807, 2.05) is 30.3 Å². The maximum Gasteiger partial charge on any atom is 0.335 e. The van der Waals surface area contributed by atoms with Gasteiger partial charge in [0.1, 0.15) is 11.0 Å². The second kappa shape index (κ2) is 11.3. The van der Waals surface area contributed by atoms with Gasteiger partial charge in [0.25, 0.3) is 0 Å². The summed E-state index contributed by atoms with van der Waals surface area (Å²) in [6.45, 7) is 4.56. The number of piperazine rings is 1. The fourth-order valence-electron chi connectivity index (χ4n) is 3.62. The van der Waals surface area contributed by atoms with Gasteiger partial charge in [-0.2, -0.15) is 0 Å². The predicted molar refractivity (Wildman–Crippen MR) is 134 cm³/mol. The molecule has 170 valence electrons. The van der Waals surface area contributed by atoms with E-state index in [1.54, 1.807) is 18.2 Å². The van der Waals surface area contributed by atoms with Gasteiger partial charge < -0.3 is 10.0 Å². The molecule has 3 aromatic rings. The van der Waals surface area contributed by atoms with Crippen molar-refractivity contribution >= 4 is 41.2 Å². The molecule has 1 aliphatic heterocycles. The van der Waals surface area contributed by atoms with E-state index < -0.39 is 5.97 Å². The van der Waals surface area contributed by atoms with Crippen molar-refractivity contribution in [1.82, 2.24) is 14.9 Å². The summed E-state index contributed by atoms with van der Waals surface area (Å²) in [6, 6.07) is 19.0. The number of hydrogen-bond donors (Lipinski definition) is 1. The van der Waals surface area contributed by atoms with Crippen LogP contribution in [0.25, 0.3) is 6.08 Å². The molecule has 8 heteroatoms. The zero-order valence-corrected chi connectivity index (χ0v) is 19.7. The normalized spacial score (nSPS) is 14.6.